The maximum absolute atomic E-state index is 5.92. The number of rotatable bonds is 5. The third kappa shape index (κ3) is 3.47. The van der Waals surface area contributed by atoms with Gasteiger partial charge in [0.1, 0.15) is 11.6 Å². The van der Waals surface area contributed by atoms with Gasteiger partial charge in [0.05, 0.1) is 0 Å². The molecular formula is C16H22N4. The van der Waals surface area contributed by atoms with Crippen LogP contribution in [-0.2, 0) is 0 Å². The number of aromatic nitrogens is 2. The van der Waals surface area contributed by atoms with Gasteiger partial charge in [0.25, 0.3) is 0 Å². The van der Waals surface area contributed by atoms with Gasteiger partial charge in [-0.25, -0.2) is 9.97 Å². The zero-order valence-electron chi connectivity index (χ0n) is 12.4. The van der Waals surface area contributed by atoms with Crippen LogP contribution in [0.3, 0.4) is 0 Å². The molecule has 0 aliphatic carbocycles. The van der Waals surface area contributed by atoms with Crippen LogP contribution in [0.15, 0.2) is 36.4 Å². The third-order valence-corrected chi connectivity index (χ3v) is 3.44. The second-order valence-electron chi connectivity index (χ2n) is 5.23. The molecule has 1 aromatic heterocycles. The van der Waals surface area contributed by atoms with Gasteiger partial charge >= 0.3 is 0 Å². The highest BCUT2D eigenvalue weighted by Gasteiger charge is 2.10. The van der Waals surface area contributed by atoms with Crippen molar-refractivity contribution in [2.45, 2.75) is 20.3 Å². The van der Waals surface area contributed by atoms with Gasteiger partial charge in [0.2, 0.25) is 0 Å². The summed E-state index contributed by atoms with van der Waals surface area (Å²) in [6.45, 7) is 5.39. The predicted molar refractivity (Wildman–Crippen MR) is 84.6 cm³/mol. The monoisotopic (exact) mass is 270 g/mol. The number of hydrogen-bond donors (Lipinski definition) is 1. The van der Waals surface area contributed by atoms with E-state index in [-0.39, 0.29) is 0 Å². The lowest BCUT2D eigenvalue weighted by Gasteiger charge is -2.22. The van der Waals surface area contributed by atoms with Crippen LogP contribution in [-0.4, -0.2) is 23.6 Å². The Morgan fingerprint density at radius 2 is 1.90 bits per heavy atom. The van der Waals surface area contributed by atoms with E-state index < -0.39 is 0 Å². The summed E-state index contributed by atoms with van der Waals surface area (Å²) in [5.41, 5.74) is 6.90. The van der Waals surface area contributed by atoms with Crippen molar-refractivity contribution in [1.29, 1.82) is 0 Å². The highest BCUT2D eigenvalue weighted by molar-refractivity contribution is 5.60. The second kappa shape index (κ2) is 6.37. The van der Waals surface area contributed by atoms with Crippen LogP contribution in [0.5, 0.6) is 0 Å². The molecule has 1 atom stereocenters. The first kappa shape index (κ1) is 14.3. The van der Waals surface area contributed by atoms with Gasteiger partial charge in [0, 0.05) is 25.2 Å². The van der Waals surface area contributed by atoms with Crippen molar-refractivity contribution in [3.63, 3.8) is 0 Å². The summed E-state index contributed by atoms with van der Waals surface area (Å²) in [6.07, 6.45) is 1.15. The SMILES string of the molecule is CCC(C)CN(C)c1cc(N)nc(-c2ccccc2)n1. The molecule has 106 valence electrons. The Morgan fingerprint density at radius 1 is 1.20 bits per heavy atom. The molecule has 0 aliphatic heterocycles. The molecule has 20 heavy (non-hydrogen) atoms. The summed E-state index contributed by atoms with van der Waals surface area (Å²) in [5.74, 6) is 2.68. The Bertz CT molecular complexity index is 554. The Hall–Kier alpha value is -2.10. The van der Waals surface area contributed by atoms with E-state index in [1.807, 2.05) is 43.4 Å². The fourth-order valence-electron chi connectivity index (χ4n) is 2.05. The van der Waals surface area contributed by atoms with Gasteiger partial charge in [-0.15, -0.1) is 0 Å². The summed E-state index contributed by atoms with van der Waals surface area (Å²) in [4.78, 5) is 11.1. The second-order valence-corrected chi connectivity index (χ2v) is 5.23. The van der Waals surface area contributed by atoms with Crippen LogP contribution >= 0.6 is 0 Å². The largest absolute Gasteiger partial charge is 0.384 e. The van der Waals surface area contributed by atoms with Crippen molar-refractivity contribution in [2.75, 3.05) is 24.2 Å². The first-order chi connectivity index (χ1) is 9.60. The number of nitrogen functional groups attached to an aromatic ring is 1. The fraction of sp³-hybridized carbons (Fsp3) is 0.375. The fourth-order valence-corrected chi connectivity index (χ4v) is 2.05. The summed E-state index contributed by atoms with van der Waals surface area (Å²) >= 11 is 0. The van der Waals surface area contributed by atoms with Crippen molar-refractivity contribution in [2.24, 2.45) is 5.92 Å². The Labute approximate surface area is 120 Å². The van der Waals surface area contributed by atoms with E-state index in [1.54, 1.807) is 0 Å². The van der Waals surface area contributed by atoms with Crippen LogP contribution in [0, 0.1) is 5.92 Å². The predicted octanol–water partition coefficient (Wildman–Crippen LogP) is 3.21. The van der Waals surface area contributed by atoms with Crippen molar-refractivity contribution in [1.82, 2.24) is 9.97 Å². The van der Waals surface area contributed by atoms with E-state index in [9.17, 15) is 0 Å². The summed E-state index contributed by atoms with van der Waals surface area (Å²) in [5, 5.41) is 0. The number of hydrogen-bond acceptors (Lipinski definition) is 4. The molecule has 1 heterocycles. The number of nitrogens with two attached hydrogens (primary N) is 1. The van der Waals surface area contributed by atoms with Gasteiger partial charge < -0.3 is 10.6 Å². The molecule has 4 heteroatoms. The first-order valence-electron chi connectivity index (χ1n) is 7.01. The van der Waals surface area contributed by atoms with E-state index in [0.717, 1.165) is 24.3 Å². The van der Waals surface area contributed by atoms with E-state index in [1.165, 1.54) is 0 Å². The Kier molecular flexibility index (Phi) is 4.56. The zero-order valence-corrected chi connectivity index (χ0v) is 12.4. The minimum Gasteiger partial charge on any atom is -0.384 e. The number of anilines is 2. The lowest BCUT2D eigenvalue weighted by molar-refractivity contribution is 0.557. The number of nitrogens with zero attached hydrogens (tertiary/aromatic N) is 3. The van der Waals surface area contributed by atoms with Gasteiger partial charge in [-0.1, -0.05) is 50.6 Å². The van der Waals surface area contributed by atoms with Crippen LogP contribution in [0.4, 0.5) is 11.6 Å². The Balaban J connectivity index is 2.29. The van der Waals surface area contributed by atoms with Crippen molar-refractivity contribution in [3.8, 4) is 11.4 Å². The van der Waals surface area contributed by atoms with E-state index in [0.29, 0.717) is 17.6 Å². The minimum absolute atomic E-state index is 0.504. The maximum atomic E-state index is 5.92. The average molecular weight is 270 g/mol. The van der Waals surface area contributed by atoms with Gasteiger partial charge in [-0.05, 0) is 5.92 Å². The third-order valence-electron chi connectivity index (χ3n) is 3.44. The lowest BCUT2D eigenvalue weighted by atomic mass is 10.1. The van der Waals surface area contributed by atoms with Crippen LogP contribution in [0.2, 0.25) is 0 Å². The molecule has 0 amide bonds. The molecule has 0 aliphatic rings. The normalized spacial score (nSPS) is 12.2. The summed E-state index contributed by atoms with van der Waals surface area (Å²) in [6, 6.07) is 11.7. The van der Waals surface area contributed by atoms with Crippen LogP contribution in [0.25, 0.3) is 11.4 Å². The standard InChI is InChI=1S/C16H22N4/c1-4-12(2)11-20(3)15-10-14(17)18-16(19-15)13-8-6-5-7-9-13/h5-10,12H,4,11H2,1-3H3,(H2,17,18,19). The molecule has 0 saturated heterocycles. The molecule has 4 nitrogen and oxygen atoms in total. The molecule has 1 unspecified atom stereocenters. The molecular weight excluding hydrogens is 248 g/mol. The van der Waals surface area contributed by atoms with Gasteiger partial charge in [0.15, 0.2) is 5.82 Å². The topological polar surface area (TPSA) is 55.0 Å². The van der Waals surface area contributed by atoms with Crippen LogP contribution in [0.1, 0.15) is 20.3 Å². The average Bonchev–Trinajstić information content (AvgIpc) is 2.47. The van der Waals surface area contributed by atoms with Crippen molar-refractivity contribution >= 4 is 11.6 Å². The smallest absolute Gasteiger partial charge is 0.163 e. The summed E-state index contributed by atoms with van der Waals surface area (Å²) < 4.78 is 0. The molecule has 0 bridgehead atoms. The van der Waals surface area contributed by atoms with Crippen molar-refractivity contribution < 1.29 is 0 Å². The first-order valence-corrected chi connectivity index (χ1v) is 7.01. The Morgan fingerprint density at radius 3 is 2.55 bits per heavy atom. The highest BCUT2D eigenvalue weighted by atomic mass is 15.2. The highest BCUT2D eigenvalue weighted by Crippen LogP contribution is 2.21. The number of benzene rings is 1. The summed E-state index contributed by atoms with van der Waals surface area (Å²) in [7, 11) is 2.04. The van der Waals surface area contributed by atoms with E-state index in [2.05, 4.69) is 28.7 Å². The van der Waals surface area contributed by atoms with Gasteiger partial charge in [-0.2, -0.15) is 0 Å². The molecule has 2 aromatic rings. The molecule has 2 N–H and O–H groups in total. The molecule has 1 aromatic carbocycles. The zero-order chi connectivity index (χ0) is 14.5. The maximum Gasteiger partial charge on any atom is 0.163 e. The molecule has 2 rings (SSSR count). The molecule has 0 saturated carbocycles. The van der Waals surface area contributed by atoms with Crippen LogP contribution < -0.4 is 10.6 Å². The molecule has 0 spiro atoms. The molecule has 0 fully saturated rings. The van der Waals surface area contributed by atoms with Crippen molar-refractivity contribution in [3.05, 3.63) is 36.4 Å². The quantitative estimate of drug-likeness (QED) is 0.906. The minimum atomic E-state index is 0.504. The van der Waals surface area contributed by atoms with Gasteiger partial charge in [-0.3, -0.25) is 0 Å². The lowest BCUT2D eigenvalue weighted by Crippen LogP contribution is -2.25. The van der Waals surface area contributed by atoms with E-state index in [4.69, 9.17) is 5.73 Å². The molecule has 0 radical (unpaired) electrons. The van der Waals surface area contributed by atoms with E-state index >= 15 is 0 Å².